The van der Waals surface area contributed by atoms with Crippen molar-refractivity contribution in [3.8, 4) is 17.5 Å². The Labute approximate surface area is 151 Å². The van der Waals surface area contributed by atoms with Crippen LogP contribution in [0.2, 0.25) is 0 Å². The molecule has 26 heavy (non-hydrogen) atoms. The summed E-state index contributed by atoms with van der Waals surface area (Å²) < 4.78 is 0. The Balaban J connectivity index is 1.55. The van der Waals surface area contributed by atoms with Crippen molar-refractivity contribution in [2.75, 3.05) is 6.54 Å². The molecule has 1 aliphatic heterocycles. The van der Waals surface area contributed by atoms with Crippen molar-refractivity contribution in [2.45, 2.75) is 19.5 Å². The second kappa shape index (κ2) is 6.95. The minimum Gasteiger partial charge on any atom is -0.306 e. The molecule has 5 nitrogen and oxygen atoms in total. The van der Waals surface area contributed by atoms with Gasteiger partial charge in [0.2, 0.25) is 0 Å². The number of hydrogen-bond acceptors (Lipinski definition) is 4. The molecule has 0 bridgehead atoms. The van der Waals surface area contributed by atoms with Crippen LogP contribution in [0.1, 0.15) is 22.4 Å². The molecule has 1 aliphatic rings. The summed E-state index contributed by atoms with van der Waals surface area (Å²) in [5.74, 6) is 0.634. The van der Waals surface area contributed by atoms with Gasteiger partial charge in [0.15, 0.2) is 0 Å². The fourth-order valence-corrected chi connectivity index (χ4v) is 3.29. The Kier molecular flexibility index (Phi) is 4.34. The van der Waals surface area contributed by atoms with E-state index in [4.69, 9.17) is 10.2 Å². The number of aromatic amines is 1. The molecule has 2 aromatic carbocycles. The topological polar surface area (TPSA) is 72.8 Å². The molecule has 2 heterocycles. The third-order valence-corrected chi connectivity index (χ3v) is 4.68. The molecule has 0 atom stereocenters. The van der Waals surface area contributed by atoms with Crippen LogP contribution in [0, 0.1) is 11.3 Å². The third-order valence-electron chi connectivity index (χ3n) is 4.68. The number of fused-ring (bicyclic) bond motifs is 1. The van der Waals surface area contributed by atoms with Gasteiger partial charge in [0, 0.05) is 31.6 Å². The summed E-state index contributed by atoms with van der Waals surface area (Å²) in [7, 11) is 0. The van der Waals surface area contributed by atoms with E-state index in [-0.39, 0.29) is 5.56 Å². The van der Waals surface area contributed by atoms with Crippen molar-refractivity contribution in [3.05, 3.63) is 87.3 Å². The largest absolute Gasteiger partial charge is 0.306 e. The van der Waals surface area contributed by atoms with Crippen molar-refractivity contribution in [2.24, 2.45) is 0 Å². The molecule has 1 N–H and O–H groups in total. The standard InChI is InChI=1S/C21H18N4O/c22-12-15-6-8-16(9-7-15)13-25-11-10-19-18(14-25)21(26)24-20(23-19)17-4-2-1-3-5-17/h1-9H,10-11,13-14H2,(H,23,24,26). The van der Waals surface area contributed by atoms with Crippen LogP contribution in [-0.2, 0) is 19.5 Å². The number of nitrogens with zero attached hydrogens (tertiary/aromatic N) is 3. The molecule has 0 saturated carbocycles. The number of benzene rings is 2. The van der Waals surface area contributed by atoms with Crippen LogP contribution >= 0.6 is 0 Å². The van der Waals surface area contributed by atoms with Crippen molar-refractivity contribution < 1.29 is 0 Å². The SMILES string of the molecule is N#Cc1ccc(CN2CCc3nc(-c4ccccc4)[nH]c(=O)c3C2)cc1. The summed E-state index contributed by atoms with van der Waals surface area (Å²) in [5, 5.41) is 8.89. The molecular weight excluding hydrogens is 324 g/mol. The molecule has 4 rings (SSSR count). The first-order valence-electron chi connectivity index (χ1n) is 8.62. The summed E-state index contributed by atoms with van der Waals surface area (Å²) in [6, 6.07) is 19.4. The van der Waals surface area contributed by atoms with Gasteiger partial charge >= 0.3 is 0 Å². The van der Waals surface area contributed by atoms with Gasteiger partial charge in [-0.2, -0.15) is 5.26 Å². The lowest BCUT2D eigenvalue weighted by atomic mass is 10.0. The molecule has 0 radical (unpaired) electrons. The number of nitriles is 1. The predicted molar refractivity (Wildman–Crippen MR) is 99.3 cm³/mol. The lowest BCUT2D eigenvalue weighted by Gasteiger charge is -2.27. The fraction of sp³-hybridized carbons (Fsp3) is 0.190. The lowest BCUT2D eigenvalue weighted by molar-refractivity contribution is 0.242. The fourth-order valence-electron chi connectivity index (χ4n) is 3.29. The summed E-state index contributed by atoms with van der Waals surface area (Å²) in [6.07, 6.45) is 0.759. The highest BCUT2D eigenvalue weighted by molar-refractivity contribution is 5.54. The van der Waals surface area contributed by atoms with Gasteiger partial charge in [0.05, 0.1) is 22.9 Å². The van der Waals surface area contributed by atoms with Crippen LogP contribution in [0.5, 0.6) is 0 Å². The second-order valence-electron chi connectivity index (χ2n) is 6.48. The Morgan fingerprint density at radius 3 is 2.62 bits per heavy atom. The van der Waals surface area contributed by atoms with Crippen molar-refractivity contribution >= 4 is 0 Å². The van der Waals surface area contributed by atoms with Crippen LogP contribution in [0.4, 0.5) is 0 Å². The van der Waals surface area contributed by atoms with Crippen LogP contribution < -0.4 is 5.56 Å². The Bertz CT molecular complexity index is 1020. The monoisotopic (exact) mass is 342 g/mol. The van der Waals surface area contributed by atoms with Gasteiger partial charge < -0.3 is 4.98 Å². The van der Waals surface area contributed by atoms with Gasteiger partial charge in [0.1, 0.15) is 5.82 Å². The van der Waals surface area contributed by atoms with E-state index in [1.165, 1.54) is 0 Å². The number of rotatable bonds is 3. The zero-order valence-electron chi connectivity index (χ0n) is 14.3. The summed E-state index contributed by atoms with van der Waals surface area (Å²) >= 11 is 0. The van der Waals surface area contributed by atoms with Crippen molar-refractivity contribution in [3.63, 3.8) is 0 Å². The first-order valence-corrected chi connectivity index (χ1v) is 8.62. The van der Waals surface area contributed by atoms with Gasteiger partial charge in [-0.15, -0.1) is 0 Å². The van der Waals surface area contributed by atoms with Crippen LogP contribution in [0.15, 0.2) is 59.4 Å². The van der Waals surface area contributed by atoms with Gasteiger partial charge in [-0.25, -0.2) is 4.98 Å². The Morgan fingerprint density at radius 2 is 1.88 bits per heavy atom. The zero-order chi connectivity index (χ0) is 17.9. The molecule has 0 amide bonds. The van der Waals surface area contributed by atoms with E-state index in [2.05, 4.69) is 16.0 Å². The average Bonchev–Trinajstić information content (AvgIpc) is 2.69. The van der Waals surface area contributed by atoms with Crippen LogP contribution in [0.25, 0.3) is 11.4 Å². The molecular formula is C21H18N4O. The Morgan fingerprint density at radius 1 is 1.12 bits per heavy atom. The van der Waals surface area contributed by atoms with Gasteiger partial charge in [-0.3, -0.25) is 9.69 Å². The minimum absolute atomic E-state index is 0.0571. The number of aromatic nitrogens is 2. The second-order valence-corrected chi connectivity index (χ2v) is 6.48. The maximum atomic E-state index is 12.6. The van der Waals surface area contributed by atoms with E-state index in [0.717, 1.165) is 41.9 Å². The van der Waals surface area contributed by atoms with Crippen molar-refractivity contribution in [1.29, 1.82) is 5.26 Å². The van der Waals surface area contributed by atoms with Gasteiger partial charge in [0.25, 0.3) is 5.56 Å². The maximum absolute atomic E-state index is 12.6. The minimum atomic E-state index is -0.0571. The normalized spacial score (nSPS) is 13.8. The quantitative estimate of drug-likeness (QED) is 0.794. The van der Waals surface area contributed by atoms with E-state index < -0.39 is 0 Å². The molecule has 128 valence electrons. The van der Waals surface area contributed by atoms with E-state index in [0.29, 0.717) is 17.9 Å². The number of nitrogens with one attached hydrogen (secondary N) is 1. The van der Waals surface area contributed by atoms with Crippen LogP contribution in [0.3, 0.4) is 0 Å². The zero-order valence-corrected chi connectivity index (χ0v) is 14.3. The molecule has 0 fully saturated rings. The smallest absolute Gasteiger partial charge is 0.255 e. The molecule has 3 aromatic rings. The van der Waals surface area contributed by atoms with E-state index in [9.17, 15) is 4.79 Å². The first-order chi connectivity index (χ1) is 12.7. The molecule has 0 unspecified atom stereocenters. The Hall–Kier alpha value is -3.23. The van der Waals surface area contributed by atoms with E-state index >= 15 is 0 Å². The molecule has 5 heteroatoms. The highest BCUT2D eigenvalue weighted by Gasteiger charge is 2.21. The average molecular weight is 342 g/mol. The van der Waals surface area contributed by atoms with Gasteiger partial charge in [-0.1, -0.05) is 42.5 Å². The highest BCUT2D eigenvalue weighted by Crippen LogP contribution is 2.20. The van der Waals surface area contributed by atoms with Crippen molar-refractivity contribution in [1.82, 2.24) is 14.9 Å². The molecule has 0 aliphatic carbocycles. The molecule has 1 aromatic heterocycles. The number of H-pyrrole nitrogens is 1. The first kappa shape index (κ1) is 16.2. The summed E-state index contributed by atoms with van der Waals surface area (Å²) in [4.78, 5) is 22.4. The highest BCUT2D eigenvalue weighted by atomic mass is 16.1. The van der Waals surface area contributed by atoms with E-state index in [1.807, 2.05) is 54.6 Å². The summed E-state index contributed by atoms with van der Waals surface area (Å²) in [6.45, 7) is 2.20. The van der Waals surface area contributed by atoms with E-state index in [1.54, 1.807) is 0 Å². The molecule has 0 spiro atoms. The summed E-state index contributed by atoms with van der Waals surface area (Å²) in [5.41, 5.74) is 4.31. The number of hydrogen-bond donors (Lipinski definition) is 1. The van der Waals surface area contributed by atoms with Gasteiger partial charge in [-0.05, 0) is 17.7 Å². The lowest BCUT2D eigenvalue weighted by Crippen LogP contribution is -2.35. The van der Waals surface area contributed by atoms with Crippen LogP contribution in [-0.4, -0.2) is 21.4 Å². The molecule has 0 saturated heterocycles. The maximum Gasteiger partial charge on any atom is 0.255 e. The third kappa shape index (κ3) is 3.28. The predicted octanol–water partition coefficient (Wildman–Crippen LogP) is 2.87.